The van der Waals surface area contributed by atoms with Gasteiger partial charge in [0.25, 0.3) is 0 Å². The van der Waals surface area contributed by atoms with Gasteiger partial charge in [-0.25, -0.2) is 0 Å². The molecule has 1 aromatic heterocycles. The van der Waals surface area contributed by atoms with Crippen molar-refractivity contribution in [2.45, 2.75) is 38.3 Å². The van der Waals surface area contributed by atoms with Crippen LogP contribution in [0.4, 0.5) is 5.69 Å². The lowest BCUT2D eigenvalue weighted by molar-refractivity contribution is -0.120. The monoisotopic (exact) mass is 281 g/mol. The lowest BCUT2D eigenvalue weighted by Crippen LogP contribution is -2.32. The van der Waals surface area contributed by atoms with Crippen molar-refractivity contribution in [1.29, 1.82) is 0 Å². The molecule has 2 N–H and O–H groups in total. The summed E-state index contributed by atoms with van der Waals surface area (Å²) in [7, 11) is 0. The van der Waals surface area contributed by atoms with E-state index in [0.29, 0.717) is 12.1 Å². The quantitative estimate of drug-likeness (QED) is 0.889. The summed E-state index contributed by atoms with van der Waals surface area (Å²) < 4.78 is 0. The normalized spacial score (nSPS) is 27.2. The van der Waals surface area contributed by atoms with Crippen LogP contribution in [0.15, 0.2) is 30.5 Å². The topological polar surface area (TPSA) is 54.0 Å². The first kappa shape index (κ1) is 12.8. The molecule has 2 aromatic rings. The van der Waals surface area contributed by atoms with E-state index in [9.17, 15) is 4.79 Å². The van der Waals surface area contributed by atoms with Crippen molar-refractivity contribution in [3.63, 3.8) is 0 Å². The van der Waals surface area contributed by atoms with Gasteiger partial charge in [-0.05, 0) is 49.9 Å². The number of aryl methyl sites for hydroxylation is 1. The van der Waals surface area contributed by atoms with E-state index in [1.807, 2.05) is 31.2 Å². The summed E-state index contributed by atoms with van der Waals surface area (Å²) in [4.78, 5) is 17.0. The Hall–Kier alpha value is -1.94. The fraction of sp³-hybridized carbons (Fsp3) is 0.412. The fourth-order valence-electron chi connectivity index (χ4n) is 3.76. The third kappa shape index (κ3) is 2.10. The summed E-state index contributed by atoms with van der Waals surface area (Å²) >= 11 is 0. The summed E-state index contributed by atoms with van der Waals surface area (Å²) in [6.07, 6.45) is 5.10. The van der Waals surface area contributed by atoms with Crippen molar-refractivity contribution < 1.29 is 4.79 Å². The molecule has 2 saturated heterocycles. The van der Waals surface area contributed by atoms with Crippen molar-refractivity contribution in [3.8, 4) is 0 Å². The minimum Gasteiger partial charge on any atom is -0.325 e. The van der Waals surface area contributed by atoms with Gasteiger partial charge in [-0.15, -0.1) is 0 Å². The van der Waals surface area contributed by atoms with E-state index in [0.717, 1.165) is 35.0 Å². The van der Waals surface area contributed by atoms with Crippen LogP contribution in [0.5, 0.6) is 0 Å². The predicted octanol–water partition coefficient (Wildman–Crippen LogP) is 2.62. The van der Waals surface area contributed by atoms with Crippen LogP contribution in [0.1, 0.15) is 24.8 Å². The second-order valence-electron chi connectivity index (χ2n) is 6.21. The zero-order chi connectivity index (χ0) is 14.4. The lowest BCUT2D eigenvalue weighted by Gasteiger charge is -2.20. The minimum absolute atomic E-state index is 0.108. The molecule has 2 bridgehead atoms. The van der Waals surface area contributed by atoms with E-state index in [-0.39, 0.29) is 11.8 Å². The molecule has 3 atom stereocenters. The molecule has 0 radical (unpaired) electrons. The van der Waals surface area contributed by atoms with Crippen molar-refractivity contribution in [1.82, 2.24) is 10.3 Å². The van der Waals surface area contributed by atoms with Gasteiger partial charge in [0.05, 0.1) is 17.1 Å². The number of fused-ring (bicyclic) bond motifs is 3. The zero-order valence-corrected chi connectivity index (χ0v) is 12.1. The molecule has 0 saturated carbocycles. The third-order valence-corrected chi connectivity index (χ3v) is 4.87. The summed E-state index contributed by atoms with van der Waals surface area (Å²) in [5.74, 6) is 0.250. The average molecular weight is 281 g/mol. The molecule has 4 rings (SSSR count). The smallest absolute Gasteiger partial charge is 0.229 e. The number of anilines is 1. The van der Waals surface area contributed by atoms with E-state index in [1.165, 1.54) is 6.42 Å². The number of hydrogen-bond donors (Lipinski definition) is 2. The summed E-state index contributed by atoms with van der Waals surface area (Å²) in [6.45, 7) is 2.04. The van der Waals surface area contributed by atoms with Gasteiger partial charge in [0.2, 0.25) is 5.91 Å². The molecule has 2 aliphatic heterocycles. The zero-order valence-electron chi connectivity index (χ0n) is 12.1. The first-order chi connectivity index (χ1) is 10.2. The first-order valence-corrected chi connectivity index (χ1v) is 7.63. The van der Waals surface area contributed by atoms with Crippen LogP contribution in [0.25, 0.3) is 10.9 Å². The Morgan fingerprint density at radius 3 is 3.00 bits per heavy atom. The van der Waals surface area contributed by atoms with E-state index >= 15 is 0 Å². The van der Waals surface area contributed by atoms with Crippen molar-refractivity contribution in [2.75, 3.05) is 5.32 Å². The van der Waals surface area contributed by atoms with Crippen molar-refractivity contribution >= 4 is 22.5 Å². The molecule has 108 valence electrons. The molecule has 1 aromatic carbocycles. The van der Waals surface area contributed by atoms with Gasteiger partial charge >= 0.3 is 0 Å². The van der Waals surface area contributed by atoms with Crippen LogP contribution in [0.3, 0.4) is 0 Å². The standard InChI is InChI=1S/C17H19N3O/c1-10-4-6-14(12-3-2-8-18-16(10)12)20-17(21)13-9-11-5-7-15(13)19-11/h2-4,6,8,11,13,15,19H,5,7,9H2,1H3,(H,20,21). The van der Waals surface area contributed by atoms with Gasteiger partial charge in [0.15, 0.2) is 0 Å². The summed E-state index contributed by atoms with van der Waals surface area (Å²) in [6, 6.07) is 8.84. The molecule has 0 aliphatic carbocycles. The molecular weight excluding hydrogens is 262 g/mol. The Kier molecular flexibility index (Phi) is 2.93. The molecule has 2 fully saturated rings. The van der Waals surface area contributed by atoms with Gasteiger partial charge in [-0.3, -0.25) is 9.78 Å². The van der Waals surface area contributed by atoms with E-state index in [1.54, 1.807) is 6.20 Å². The maximum Gasteiger partial charge on any atom is 0.229 e. The van der Waals surface area contributed by atoms with Crippen molar-refractivity contribution in [2.24, 2.45) is 5.92 Å². The highest BCUT2D eigenvalue weighted by Gasteiger charge is 2.42. The number of rotatable bonds is 2. The molecule has 3 unspecified atom stereocenters. The number of nitrogens with one attached hydrogen (secondary N) is 2. The van der Waals surface area contributed by atoms with E-state index in [4.69, 9.17) is 0 Å². The number of pyridine rings is 1. The van der Waals surface area contributed by atoms with Gasteiger partial charge < -0.3 is 10.6 Å². The molecule has 21 heavy (non-hydrogen) atoms. The molecule has 2 aliphatic rings. The molecule has 4 nitrogen and oxygen atoms in total. The molecule has 4 heteroatoms. The Morgan fingerprint density at radius 2 is 2.24 bits per heavy atom. The van der Waals surface area contributed by atoms with Crippen LogP contribution < -0.4 is 10.6 Å². The van der Waals surface area contributed by atoms with Crippen molar-refractivity contribution in [3.05, 3.63) is 36.0 Å². The number of benzene rings is 1. The molecule has 3 heterocycles. The second-order valence-corrected chi connectivity index (χ2v) is 6.21. The fourth-order valence-corrected chi connectivity index (χ4v) is 3.76. The lowest BCUT2D eigenvalue weighted by atomic mass is 9.88. The van der Waals surface area contributed by atoms with E-state index < -0.39 is 0 Å². The number of hydrogen-bond acceptors (Lipinski definition) is 3. The Morgan fingerprint density at radius 1 is 1.33 bits per heavy atom. The van der Waals surface area contributed by atoms with Crippen LogP contribution >= 0.6 is 0 Å². The predicted molar refractivity (Wildman–Crippen MR) is 83.2 cm³/mol. The minimum atomic E-state index is 0.108. The highest BCUT2D eigenvalue weighted by molar-refractivity contribution is 6.02. The number of nitrogens with zero attached hydrogens (tertiary/aromatic N) is 1. The molecule has 1 amide bonds. The molecular formula is C17H19N3O. The largest absolute Gasteiger partial charge is 0.325 e. The molecule has 0 spiro atoms. The number of amides is 1. The summed E-state index contributed by atoms with van der Waals surface area (Å²) in [5.41, 5.74) is 2.96. The SMILES string of the molecule is Cc1ccc(NC(=O)C2CC3CCC2N3)c2cccnc12. The Balaban J connectivity index is 1.63. The second kappa shape index (κ2) is 4.81. The van der Waals surface area contributed by atoms with E-state index in [2.05, 4.69) is 15.6 Å². The summed E-state index contributed by atoms with van der Waals surface area (Å²) in [5, 5.41) is 7.65. The number of aromatic nitrogens is 1. The average Bonchev–Trinajstić information content (AvgIpc) is 3.13. The van der Waals surface area contributed by atoms with Gasteiger partial charge in [0.1, 0.15) is 0 Å². The van der Waals surface area contributed by atoms with Crippen LogP contribution in [0, 0.1) is 12.8 Å². The van der Waals surface area contributed by atoms with Gasteiger partial charge in [-0.1, -0.05) is 6.07 Å². The number of carbonyl (C=O) groups excluding carboxylic acids is 1. The van der Waals surface area contributed by atoms with Gasteiger partial charge in [0, 0.05) is 23.7 Å². The Bertz CT molecular complexity index is 712. The van der Waals surface area contributed by atoms with Crippen LogP contribution in [-0.2, 0) is 4.79 Å². The first-order valence-electron chi connectivity index (χ1n) is 7.63. The van der Waals surface area contributed by atoms with Crippen LogP contribution in [0.2, 0.25) is 0 Å². The van der Waals surface area contributed by atoms with Crippen LogP contribution in [-0.4, -0.2) is 23.0 Å². The highest BCUT2D eigenvalue weighted by Crippen LogP contribution is 2.34. The van der Waals surface area contributed by atoms with Gasteiger partial charge in [-0.2, -0.15) is 0 Å². The number of carbonyl (C=O) groups is 1. The maximum absolute atomic E-state index is 12.6. The third-order valence-electron chi connectivity index (χ3n) is 4.87. The Labute approximate surface area is 124 Å². The maximum atomic E-state index is 12.6. The highest BCUT2D eigenvalue weighted by atomic mass is 16.2.